The Morgan fingerprint density at radius 2 is 1.71 bits per heavy atom. The minimum atomic E-state index is 0.303. The van der Waals surface area contributed by atoms with Gasteiger partial charge in [0.1, 0.15) is 0 Å². The van der Waals surface area contributed by atoms with Gasteiger partial charge in [-0.2, -0.15) is 0 Å². The average molecular weight is 240 g/mol. The zero-order valence-corrected chi connectivity index (χ0v) is 11.3. The molecule has 3 N–H and O–H groups in total. The molecular weight excluding hydrogens is 212 g/mol. The second-order valence-corrected chi connectivity index (χ2v) is 6.13. The lowest BCUT2D eigenvalue weighted by Gasteiger charge is -2.43. The Bertz CT molecular complexity index is 227. The van der Waals surface area contributed by atoms with E-state index in [1.165, 1.54) is 32.2 Å². The van der Waals surface area contributed by atoms with Gasteiger partial charge in [-0.25, -0.2) is 0 Å². The van der Waals surface area contributed by atoms with Gasteiger partial charge in [0.2, 0.25) is 0 Å². The molecule has 1 aliphatic carbocycles. The smallest absolute Gasteiger partial charge is 0.0472 e. The molecule has 3 heteroatoms. The molecule has 2 rings (SSSR count). The highest BCUT2D eigenvalue weighted by Gasteiger charge is 2.36. The Labute approximate surface area is 105 Å². The molecule has 0 atom stereocenters. The molecule has 1 heterocycles. The van der Waals surface area contributed by atoms with Crippen molar-refractivity contribution in [1.82, 2.24) is 5.32 Å². The Balaban J connectivity index is 1.75. The lowest BCUT2D eigenvalue weighted by atomic mass is 9.67. The van der Waals surface area contributed by atoms with Gasteiger partial charge in [-0.1, -0.05) is 13.3 Å². The highest BCUT2D eigenvalue weighted by Crippen LogP contribution is 2.43. The number of hydrogen-bond acceptors (Lipinski definition) is 3. The van der Waals surface area contributed by atoms with Crippen LogP contribution in [0.5, 0.6) is 0 Å². The molecule has 2 fully saturated rings. The van der Waals surface area contributed by atoms with E-state index in [-0.39, 0.29) is 0 Å². The molecule has 0 bridgehead atoms. The normalized spacial score (nSPS) is 26.5. The van der Waals surface area contributed by atoms with Crippen LogP contribution in [-0.2, 0) is 4.74 Å². The third-order valence-corrected chi connectivity index (χ3v) is 5.15. The topological polar surface area (TPSA) is 47.3 Å². The van der Waals surface area contributed by atoms with Gasteiger partial charge in [0.05, 0.1) is 0 Å². The molecule has 0 spiro atoms. The zero-order chi connectivity index (χ0) is 12.2. The van der Waals surface area contributed by atoms with Gasteiger partial charge in [0, 0.05) is 26.3 Å². The molecule has 0 radical (unpaired) electrons. The van der Waals surface area contributed by atoms with Crippen LogP contribution in [-0.4, -0.2) is 32.8 Å². The van der Waals surface area contributed by atoms with Crippen molar-refractivity contribution in [2.24, 2.45) is 16.6 Å². The lowest BCUT2D eigenvalue weighted by molar-refractivity contribution is 0.0158. The van der Waals surface area contributed by atoms with Gasteiger partial charge in [0.25, 0.3) is 0 Å². The van der Waals surface area contributed by atoms with E-state index in [2.05, 4.69) is 12.2 Å². The maximum absolute atomic E-state index is 5.97. The van der Waals surface area contributed by atoms with Crippen LogP contribution in [0.4, 0.5) is 0 Å². The van der Waals surface area contributed by atoms with Crippen molar-refractivity contribution in [2.45, 2.75) is 45.4 Å². The van der Waals surface area contributed by atoms with Crippen molar-refractivity contribution in [1.29, 1.82) is 0 Å². The number of rotatable bonds is 6. The molecule has 1 aliphatic heterocycles. The van der Waals surface area contributed by atoms with E-state index in [0.717, 1.165) is 39.1 Å². The molecule has 0 amide bonds. The van der Waals surface area contributed by atoms with Crippen LogP contribution in [0.1, 0.15) is 45.4 Å². The van der Waals surface area contributed by atoms with Gasteiger partial charge in [-0.15, -0.1) is 0 Å². The third kappa shape index (κ3) is 3.01. The predicted molar refractivity (Wildman–Crippen MR) is 71.0 cm³/mol. The van der Waals surface area contributed by atoms with Crippen LogP contribution in [0.2, 0.25) is 0 Å². The fourth-order valence-electron chi connectivity index (χ4n) is 3.18. The minimum absolute atomic E-state index is 0.303. The van der Waals surface area contributed by atoms with Gasteiger partial charge in [-0.05, 0) is 49.5 Å². The number of ether oxygens (including phenoxy) is 1. The molecule has 0 aromatic heterocycles. The first-order valence-corrected chi connectivity index (χ1v) is 7.23. The summed E-state index contributed by atoms with van der Waals surface area (Å²) < 4.78 is 5.44. The summed E-state index contributed by atoms with van der Waals surface area (Å²) in [6, 6.07) is 0. The second-order valence-electron chi connectivity index (χ2n) is 6.13. The average Bonchev–Trinajstić information content (AvgIpc) is 2.34. The van der Waals surface area contributed by atoms with E-state index in [1.807, 2.05) is 0 Å². The SMILES string of the molecule is CCC1(CNCC2(CN)CCOCC2)CCC1. The number of hydrogen-bond donors (Lipinski definition) is 2. The van der Waals surface area contributed by atoms with Gasteiger partial charge < -0.3 is 15.8 Å². The van der Waals surface area contributed by atoms with Gasteiger partial charge >= 0.3 is 0 Å². The highest BCUT2D eigenvalue weighted by molar-refractivity contribution is 4.91. The first kappa shape index (κ1) is 13.3. The Morgan fingerprint density at radius 1 is 1.06 bits per heavy atom. The van der Waals surface area contributed by atoms with Crippen molar-refractivity contribution in [2.75, 3.05) is 32.8 Å². The highest BCUT2D eigenvalue weighted by atomic mass is 16.5. The largest absolute Gasteiger partial charge is 0.381 e. The molecule has 0 aromatic carbocycles. The summed E-state index contributed by atoms with van der Waals surface area (Å²) in [6.07, 6.45) is 7.81. The predicted octanol–water partition coefficient (Wildman–Crippen LogP) is 1.91. The molecule has 100 valence electrons. The van der Waals surface area contributed by atoms with Crippen molar-refractivity contribution in [3.8, 4) is 0 Å². The molecule has 2 aliphatic rings. The molecule has 17 heavy (non-hydrogen) atoms. The molecule has 0 unspecified atom stereocenters. The summed E-state index contributed by atoms with van der Waals surface area (Å²) in [5.41, 5.74) is 6.89. The van der Waals surface area contributed by atoms with Crippen molar-refractivity contribution in [3.63, 3.8) is 0 Å². The van der Waals surface area contributed by atoms with E-state index in [9.17, 15) is 0 Å². The number of nitrogens with two attached hydrogens (primary N) is 1. The molecule has 1 saturated heterocycles. The summed E-state index contributed by atoms with van der Waals surface area (Å²) in [5, 5.41) is 3.70. The Kier molecular flexibility index (Phi) is 4.45. The van der Waals surface area contributed by atoms with Gasteiger partial charge in [0.15, 0.2) is 0 Å². The molecule has 0 aromatic rings. The first-order chi connectivity index (χ1) is 8.24. The zero-order valence-electron chi connectivity index (χ0n) is 11.3. The summed E-state index contributed by atoms with van der Waals surface area (Å²) in [6.45, 7) is 7.16. The summed E-state index contributed by atoms with van der Waals surface area (Å²) in [7, 11) is 0. The quantitative estimate of drug-likeness (QED) is 0.745. The number of nitrogens with one attached hydrogen (secondary N) is 1. The summed E-state index contributed by atoms with van der Waals surface area (Å²) in [4.78, 5) is 0. The van der Waals surface area contributed by atoms with Crippen LogP contribution in [0.3, 0.4) is 0 Å². The molecular formula is C14H28N2O. The Morgan fingerprint density at radius 3 is 2.18 bits per heavy atom. The second kappa shape index (κ2) is 5.68. The van der Waals surface area contributed by atoms with Crippen LogP contribution in [0, 0.1) is 10.8 Å². The van der Waals surface area contributed by atoms with Crippen LogP contribution < -0.4 is 11.1 Å². The Hall–Kier alpha value is -0.120. The van der Waals surface area contributed by atoms with Crippen LogP contribution >= 0.6 is 0 Å². The minimum Gasteiger partial charge on any atom is -0.381 e. The van der Waals surface area contributed by atoms with Crippen molar-refractivity contribution >= 4 is 0 Å². The third-order valence-electron chi connectivity index (χ3n) is 5.15. The van der Waals surface area contributed by atoms with Crippen molar-refractivity contribution in [3.05, 3.63) is 0 Å². The molecule has 3 nitrogen and oxygen atoms in total. The van der Waals surface area contributed by atoms with E-state index in [1.54, 1.807) is 0 Å². The van der Waals surface area contributed by atoms with E-state index < -0.39 is 0 Å². The standard InChI is InChI=1S/C14H28N2O/c1-2-13(4-3-5-13)11-16-12-14(10-15)6-8-17-9-7-14/h16H,2-12,15H2,1H3. The van der Waals surface area contributed by atoms with E-state index in [0.29, 0.717) is 10.8 Å². The fourth-order valence-corrected chi connectivity index (χ4v) is 3.18. The summed E-state index contributed by atoms with van der Waals surface area (Å²) in [5.74, 6) is 0. The van der Waals surface area contributed by atoms with E-state index in [4.69, 9.17) is 10.5 Å². The van der Waals surface area contributed by atoms with Gasteiger partial charge in [-0.3, -0.25) is 0 Å². The van der Waals surface area contributed by atoms with E-state index >= 15 is 0 Å². The maximum atomic E-state index is 5.97. The summed E-state index contributed by atoms with van der Waals surface area (Å²) >= 11 is 0. The van der Waals surface area contributed by atoms with Crippen molar-refractivity contribution < 1.29 is 4.74 Å². The fraction of sp³-hybridized carbons (Fsp3) is 1.00. The lowest BCUT2D eigenvalue weighted by Crippen LogP contribution is -2.48. The van der Waals surface area contributed by atoms with Crippen LogP contribution in [0.15, 0.2) is 0 Å². The maximum Gasteiger partial charge on any atom is 0.0472 e. The monoisotopic (exact) mass is 240 g/mol. The van der Waals surface area contributed by atoms with Crippen LogP contribution in [0.25, 0.3) is 0 Å². The molecule has 1 saturated carbocycles. The first-order valence-electron chi connectivity index (χ1n) is 7.23.